The number of carbonyl (C=O) groups excluding carboxylic acids is 3. The summed E-state index contributed by atoms with van der Waals surface area (Å²) in [6.07, 6.45) is 0. The van der Waals surface area contributed by atoms with Crippen LogP contribution >= 0.6 is 11.6 Å². The number of hydrogen-bond acceptors (Lipinski definition) is 3. The molecule has 1 aromatic rings. The second kappa shape index (κ2) is 4.97. The van der Waals surface area contributed by atoms with E-state index in [1.54, 1.807) is 0 Å². The number of amides is 3. The lowest BCUT2D eigenvalue weighted by molar-refractivity contribution is -0.138. The van der Waals surface area contributed by atoms with Gasteiger partial charge in [-0.25, -0.2) is 4.39 Å². The summed E-state index contributed by atoms with van der Waals surface area (Å²) in [6, 6.07) is 3.15. The number of imide groups is 1. The predicted octanol–water partition coefficient (Wildman–Crippen LogP) is 0.966. The van der Waals surface area contributed by atoms with Crippen LogP contribution in [0.25, 0.3) is 0 Å². The highest BCUT2D eigenvalue weighted by Gasteiger charge is 2.35. The van der Waals surface area contributed by atoms with E-state index in [4.69, 9.17) is 11.6 Å². The zero-order chi connectivity index (χ0) is 14.2. The van der Waals surface area contributed by atoms with E-state index in [9.17, 15) is 18.8 Å². The predicted molar refractivity (Wildman–Crippen MR) is 65.1 cm³/mol. The first-order chi connectivity index (χ1) is 8.91. The molecule has 0 radical (unpaired) electrons. The van der Waals surface area contributed by atoms with Crippen molar-refractivity contribution in [3.05, 3.63) is 34.6 Å². The Morgan fingerprint density at radius 1 is 1.47 bits per heavy atom. The highest BCUT2D eigenvalue weighted by atomic mass is 35.5. The van der Waals surface area contributed by atoms with Gasteiger partial charge in [0.05, 0.1) is 10.6 Å². The Balaban J connectivity index is 2.35. The number of piperazine rings is 1. The van der Waals surface area contributed by atoms with Crippen molar-refractivity contribution in [2.45, 2.75) is 13.0 Å². The van der Waals surface area contributed by atoms with Crippen molar-refractivity contribution >= 4 is 29.3 Å². The number of nitrogens with one attached hydrogen (secondary N) is 1. The average Bonchev–Trinajstić information content (AvgIpc) is 2.36. The normalized spacial score (nSPS) is 19.3. The van der Waals surface area contributed by atoms with Gasteiger partial charge in [-0.2, -0.15) is 0 Å². The van der Waals surface area contributed by atoms with Gasteiger partial charge in [0.25, 0.3) is 5.91 Å². The minimum atomic E-state index is -0.861. The third kappa shape index (κ3) is 2.44. The van der Waals surface area contributed by atoms with Crippen molar-refractivity contribution < 1.29 is 18.8 Å². The van der Waals surface area contributed by atoms with Crippen LogP contribution < -0.4 is 5.32 Å². The smallest absolute Gasteiger partial charge is 0.258 e. The van der Waals surface area contributed by atoms with Crippen LogP contribution in [0.2, 0.25) is 5.02 Å². The van der Waals surface area contributed by atoms with Crippen LogP contribution in [0.4, 0.5) is 4.39 Å². The molecular weight excluding hydrogens is 275 g/mol. The Bertz CT molecular complexity index is 576. The Labute approximate surface area is 113 Å². The van der Waals surface area contributed by atoms with Crippen molar-refractivity contribution in [2.24, 2.45) is 0 Å². The lowest BCUT2D eigenvalue weighted by Crippen LogP contribution is -2.58. The van der Waals surface area contributed by atoms with Crippen molar-refractivity contribution in [3.8, 4) is 0 Å². The number of benzene rings is 1. The van der Waals surface area contributed by atoms with E-state index in [-0.39, 0.29) is 17.1 Å². The second-order valence-electron chi connectivity index (χ2n) is 4.12. The molecule has 1 atom stereocenters. The summed E-state index contributed by atoms with van der Waals surface area (Å²) in [4.78, 5) is 35.9. The maximum atomic E-state index is 13.8. The minimum absolute atomic E-state index is 0.189. The summed E-state index contributed by atoms with van der Waals surface area (Å²) >= 11 is 5.60. The maximum absolute atomic E-state index is 13.8. The fraction of sp³-hybridized carbons (Fsp3) is 0.250. The van der Waals surface area contributed by atoms with Crippen LogP contribution in [0, 0.1) is 5.82 Å². The molecule has 1 unspecified atom stereocenters. The summed E-state index contributed by atoms with van der Waals surface area (Å²) in [7, 11) is 0. The summed E-state index contributed by atoms with van der Waals surface area (Å²) in [5.74, 6) is -2.79. The molecular formula is C12H10ClFN2O3. The monoisotopic (exact) mass is 284 g/mol. The number of nitrogens with zero attached hydrogens (tertiary/aromatic N) is 1. The van der Waals surface area contributed by atoms with E-state index >= 15 is 0 Å². The number of rotatable bonds is 1. The van der Waals surface area contributed by atoms with E-state index in [1.807, 2.05) is 0 Å². The molecule has 1 saturated heterocycles. The zero-order valence-corrected chi connectivity index (χ0v) is 10.7. The van der Waals surface area contributed by atoms with E-state index in [1.165, 1.54) is 25.1 Å². The van der Waals surface area contributed by atoms with Gasteiger partial charge in [0, 0.05) is 0 Å². The molecule has 19 heavy (non-hydrogen) atoms. The van der Waals surface area contributed by atoms with E-state index in [0.717, 1.165) is 4.90 Å². The topological polar surface area (TPSA) is 66.5 Å². The summed E-state index contributed by atoms with van der Waals surface area (Å²) in [5, 5.41) is 1.91. The highest BCUT2D eigenvalue weighted by molar-refractivity contribution is 6.31. The van der Waals surface area contributed by atoms with Gasteiger partial charge < -0.3 is 4.90 Å². The van der Waals surface area contributed by atoms with Crippen LogP contribution in [-0.2, 0) is 9.59 Å². The zero-order valence-electron chi connectivity index (χ0n) is 9.94. The number of halogens is 2. The fourth-order valence-electron chi connectivity index (χ4n) is 1.79. The van der Waals surface area contributed by atoms with Gasteiger partial charge in [-0.15, -0.1) is 0 Å². The van der Waals surface area contributed by atoms with Gasteiger partial charge in [0.1, 0.15) is 12.6 Å². The Hall–Kier alpha value is -1.95. The molecule has 1 aromatic carbocycles. The van der Waals surface area contributed by atoms with Gasteiger partial charge in [0.15, 0.2) is 5.82 Å². The molecule has 0 spiro atoms. The first-order valence-electron chi connectivity index (χ1n) is 5.50. The molecule has 1 aliphatic rings. The van der Waals surface area contributed by atoms with Gasteiger partial charge in [-0.1, -0.05) is 17.7 Å². The first kappa shape index (κ1) is 13.5. The Morgan fingerprint density at radius 3 is 2.84 bits per heavy atom. The molecule has 7 heteroatoms. The van der Waals surface area contributed by atoms with Gasteiger partial charge in [0.2, 0.25) is 11.8 Å². The molecule has 1 fully saturated rings. The SMILES string of the molecule is CC1C(=O)NC(=O)CN1C(=O)c1cccc(Cl)c1F. The maximum Gasteiger partial charge on any atom is 0.258 e. The molecule has 0 bridgehead atoms. The number of carbonyl (C=O) groups is 3. The van der Waals surface area contributed by atoms with Crippen LogP contribution in [-0.4, -0.2) is 35.2 Å². The lowest BCUT2D eigenvalue weighted by atomic mass is 10.1. The highest BCUT2D eigenvalue weighted by Crippen LogP contribution is 2.20. The van der Waals surface area contributed by atoms with Crippen LogP contribution in [0.15, 0.2) is 18.2 Å². The molecule has 0 aliphatic carbocycles. The van der Waals surface area contributed by atoms with E-state index in [2.05, 4.69) is 5.32 Å². The third-order valence-electron chi connectivity index (χ3n) is 2.87. The standard InChI is InChI=1S/C12H10ClFN2O3/c1-6-11(18)15-9(17)5-16(6)12(19)7-3-2-4-8(13)10(7)14/h2-4,6H,5H2,1H3,(H,15,17,18). The van der Waals surface area contributed by atoms with E-state index in [0.29, 0.717) is 0 Å². The van der Waals surface area contributed by atoms with Crippen LogP contribution in [0.1, 0.15) is 17.3 Å². The summed E-state index contributed by atoms with van der Waals surface area (Å²) < 4.78 is 13.8. The molecule has 1 N–H and O–H groups in total. The summed E-state index contributed by atoms with van der Waals surface area (Å²) in [5.41, 5.74) is -0.262. The molecule has 3 amide bonds. The largest absolute Gasteiger partial charge is 0.317 e. The average molecular weight is 285 g/mol. The van der Waals surface area contributed by atoms with Gasteiger partial charge >= 0.3 is 0 Å². The minimum Gasteiger partial charge on any atom is -0.317 e. The molecule has 0 saturated carbocycles. The van der Waals surface area contributed by atoms with Crippen LogP contribution in [0.5, 0.6) is 0 Å². The van der Waals surface area contributed by atoms with Crippen molar-refractivity contribution in [1.29, 1.82) is 0 Å². The molecule has 1 aliphatic heterocycles. The lowest BCUT2D eigenvalue weighted by Gasteiger charge is -2.31. The Morgan fingerprint density at radius 2 is 2.16 bits per heavy atom. The van der Waals surface area contributed by atoms with Crippen molar-refractivity contribution in [2.75, 3.05) is 6.54 Å². The first-order valence-corrected chi connectivity index (χ1v) is 5.88. The van der Waals surface area contributed by atoms with Crippen molar-refractivity contribution in [1.82, 2.24) is 10.2 Å². The summed E-state index contributed by atoms with van der Waals surface area (Å²) in [6.45, 7) is 1.17. The van der Waals surface area contributed by atoms with Crippen LogP contribution in [0.3, 0.4) is 0 Å². The molecule has 0 aromatic heterocycles. The molecule has 5 nitrogen and oxygen atoms in total. The van der Waals surface area contributed by atoms with E-state index < -0.39 is 29.6 Å². The third-order valence-corrected chi connectivity index (χ3v) is 3.16. The van der Waals surface area contributed by atoms with Gasteiger partial charge in [-0.05, 0) is 19.1 Å². The second-order valence-corrected chi connectivity index (χ2v) is 4.53. The van der Waals surface area contributed by atoms with Crippen molar-refractivity contribution in [3.63, 3.8) is 0 Å². The molecule has 2 rings (SSSR count). The molecule has 100 valence electrons. The van der Waals surface area contributed by atoms with Gasteiger partial charge in [-0.3, -0.25) is 19.7 Å². The Kier molecular flexibility index (Phi) is 3.53. The quantitative estimate of drug-likeness (QED) is 0.781. The molecule has 1 heterocycles. The fourth-order valence-corrected chi connectivity index (χ4v) is 1.96. The number of hydrogen-bond donors (Lipinski definition) is 1.